The molecule has 3 unspecified atom stereocenters. The molecule has 314 valence electrons. The van der Waals surface area contributed by atoms with Gasteiger partial charge in [0.25, 0.3) is 5.91 Å². The second-order valence-corrected chi connectivity index (χ2v) is 15.7. The molecule has 0 radical (unpaired) electrons. The molecule has 0 aromatic heterocycles. The number of Topliss-reactive ketones (excluding diaryl/α,β-unsaturated/α-hetero) is 1. The van der Waals surface area contributed by atoms with Crippen molar-refractivity contribution >= 4 is 41.4 Å². The molecular weight excluding hydrogens is 716 g/mol. The van der Waals surface area contributed by atoms with Crippen molar-refractivity contribution < 1.29 is 38.3 Å². The zero-order chi connectivity index (χ0) is 41.8. The number of hydrogen-bond donors (Lipinski definition) is 4. The molecule has 1 heterocycles. The van der Waals surface area contributed by atoms with Gasteiger partial charge in [-0.3, -0.25) is 28.8 Å². The lowest BCUT2D eigenvalue weighted by atomic mass is 9.82. The molecule has 0 spiro atoms. The Kier molecular flexibility index (Phi) is 20.6. The topological polar surface area (TPSA) is 183 Å². The summed E-state index contributed by atoms with van der Waals surface area (Å²) in [6.45, 7) is 11.5. The molecule has 6 amide bonds. The number of amides is 6. The fourth-order valence-electron chi connectivity index (χ4n) is 6.79. The summed E-state index contributed by atoms with van der Waals surface area (Å²) < 4.78 is 5.63. The van der Waals surface area contributed by atoms with E-state index in [0.717, 1.165) is 32.1 Å². The molecule has 0 bridgehead atoms. The van der Waals surface area contributed by atoms with Crippen LogP contribution in [0.5, 0.6) is 0 Å². The lowest BCUT2D eigenvalue weighted by Crippen LogP contribution is -2.54. The summed E-state index contributed by atoms with van der Waals surface area (Å²) in [6.07, 6.45) is 7.87. The predicted octanol–water partition coefficient (Wildman–Crippen LogP) is 4.95. The van der Waals surface area contributed by atoms with Gasteiger partial charge in [0.05, 0.1) is 25.0 Å². The first kappa shape index (κ1) is 47.7. The van der Waals surface area contributed by atoms with Gasteiger partial charge in [0, 0.05) is 33.1 Å². The predicted molar refractivity (Wildman–Crippen MR) is 215 cm³/mol. The van der Waals surface area contributed by atoms with Gasteiger partial charge in [0.2, 0.25) is 29.4 Å². The summed E-state index contributed by atoms with van der Waals surface area (Å²) in [5.74, 6) is -3.41. The molecule has 56 heavy (non-hydrogen) atoms. The molecule has 1 aromatic rings. The van der Waals surface area contributed by atoms with Crippen LogP contribution < -0.4 is 21.3 Å². The van der Waals surface area contributed by atoms with Crippen molar-refractivity contribution in [2.24, 2.45) is 5.92 Å². The smallest absolute Gasteiger partial charge is 0.407 e. The Morgan fingerprint density at radius 2 is 1.50 bits per heavy atom. The zero-order valence-electron chi connectivity index (χ0n) is 35.0. The van der Waals surface area contributed by atoms with E-state index in [4.69, 9.17) is 4.74 Å². The molecule has 1 aromatic carbocycles. The van der Waals surface area contributed by atoms with E-state index in [-0.39, 0.29) is 37.0 Å². The number of carbonyl (C=O) groups excluding carboxylic acids is 7. The maximum absolute atomic E-state index is 13.8. The first-order chi connectivity index (χ1) is 26.6. The van der Waals surface area contributed by atoms with Crippen molar-refractivity contribution in [3.63, 3.8) is 0 Å². The van der Waals surface area contributed by atoms with E-state index < -0.39 is 65.9 Å². The van der Waals surface area contributed by atoms with Crippen LogP contribution in [0.25, 0.3) is 0 Å². The molecule has 1 saturated carbocycles. The molecule has 1 saturated heterocycles. The molecule has 1 aliphatic heterocycles. The lowest BCUT2D eigenvalue weighted by molar-refractivity contribution is -0.142. The monoisotopic (exact) mass is 785 g/mol. The van der Waals surface area contributed by atoms with Crippen LogP contribution in [-0.2, 0) is 33.5 Å². The van der Waals surface area contributed by atoms with Gasteiger partial charge in [-0.2, -0.15) is 0 Å². The lowest BCUT2D eigenvalue weighted by Gasteiger charge is -2.33. The van der Waals surface area contributed by atoms with Crippen LogP contribution in [0.2, 0.25) is 0 Å². The zero-order valence-corrected chi connectivity index (χ0v) is 35.0. The summed E-state index contributed by atoms with van der Waals surface area (Å²) in [4.78, 5) is 94.7. The summed E-state index contributed by atoms with van der Waals surface area (Å²) in [5, 5.41) is 10.8. The third-order valence-electron chi connectivity index (χ3n) is 10.3. The highest BCUT2D eigenvalue weighted by atomic mass is 16.6. The normalized spacial score (nSPS) is 17.2. The fraction of sp³-hybridized carbons (Fsp3) is 0.690. The Morgan fingerprint density at radius 3 is 2.09 bits per heavy atom. The van der Waals surface area contributed by atoms with Crippen molar-refractivity contribution in [3.8, 4) is 0 Å². The minimum absolute atomic E-state index is 0.00250. The quantitative estimate of drug-likeness (QED) is 0.151. The minimum Gasteiger partial charge on any atom is -0.444 e. The van der Waals surface area contributed by atoms with Crippen molar-refractivity contribution in [2.45, 2.75) is 155 Å². The second-order valence-electron chi connectivity index (χ2n) is 15.7. The number of ketones is 1. The number of hydrogen-bond acceptors (Lipinski definition) is 8. The van der Waals surface area contributed by atoms with Crippen molar-refractivity contribution in [2.75, 3.05) is 27.2 Å². The Balaban J connectivity index is 0.00000349. The third-order valence-corrected chi connectivity index (χ3v) is 10.3. The van der Waals surface area contributed by atoms with Crippen LogP contribution in [0.4, 0.5) is 4.79 Å². The molecule has 2 fully saturated rings. The van der Waals surface area contributed by atoms with Crippen LogP contribution in [0.3, 0.4) is 0 Å². The van der Waals surface area contributed by atoms with E-state index in [1.54, 1.807) is 38.4 Å². The van der Waals surface area contributed by atoms with E-state index in [1.165, 1.54) is 16.2 Å². The van der Waals surface area contributed by atoms with E-state index in [0.29, 0.717) is 37.8 Å². The highest BCUT2D eigenvalue weighted by Gasteiger charge is 2.39. The SMILES string of the molecule is CCC.CCCC(NC(=O)C1CCCN1C(=O)CC(NC(=O)OC(C)(C)CC)C1CCCCC1)C(=O)C(=O)NCC(=O)N[C@@H](CC(=O)N(C)C)c1ccccc1. The molecule has 4 atom stereocenters. The van der Waals surface area contributed by atoms with Gasteiger partial charge in [0.15, 0.2) is 0 Å². The van der Waals surface area contributed by atoms with Gasteiger partial charge in [-0.1, -0.05) is 90.1 Å². The van der Waals surface area contributed by atoms with E-state index in [2.05, 4.69) is 35.1 Å². The summed E-state index contributed by atoms with van der Waals surface area (Å²) in [7, 11) is 3.24. The second kappa shape index (κ2) is 24.2. The number of alkyl carbamates (subject to hydrolysis) is 1. The van der Waals surface area contributed by atoms with Gasteiger partial charge in [-0.05, 0) is 63.9 Å². The number of nitrogens with zero attached hydrogens (tertiary/aromatic N) is 2. The van der Waals surface area contributed by atoms with Crippen LogP contribution in [0.15, 0.2) is 30.3 Å². The molecule has 1 aliphatic carbocycles. The van der Waals surface area contributed by atoms with Crippen molar-refractivity contribution in [3.05, 3.63) is 35.9 Å². The third kappa shape index (κ3) is 15.9. The molecule has 14 nitrogen and oxygen atoms in total. The Hall–Kier alpha value is -4.49. The van der Waals surface area contributed by atoms with Gasteiger partial charge < -0.3 is 35.8 Å². The van der Waals surface area contributed by atoms with Gasteiger partial charge in [0.1, 0.15) is 11.6 Å². The Bertz CT molecular complexity index is 1450. The average molecular weight is 785 g/mol. The number of ether oxygens (including phenoxy) is 1. The maximum atomic E-state index is 13.8. The van der Waals surface area contributed by atoms with Crippen molar-refractivity contribution in [1.29, 1.82) is 0 Å². The molecule has 2 aliphatic rings. The molecule has 4 N–H and O–H groups in total. The van der Waals surface area contributed by atoms with Crippen LogP contribution in [0, 0.1) is 5.92 Å². The first-order valence-electron chi connectivity index (χ1n) is 20.5. The molecular formula is C42H68N6O8. The van der Waals surface area contributed by atoms with E-state index in [9.17, 15) is 33.6 Å². The Labute approximate surface area is 334 Å². The van der Waals surface area contributed by atoms with E-state index in [1.807, 2.05) is 33.8 Å². The number of rotatable bonds is 18. The number of benzene rings is 1. The summed E-state index contributed by atoms with van der Waals surface area (Å²) in [5.41, 5.74) is 0.0562. The van der Waals surface area contributed by atoms with Gasteiger partial charge >= 0.3 is 6.09 Å². The first-order valence-corrected chi connectivity index (χ1v) is 20.5. The molecule has 3 rings (SSSR count). The largest absolute Gasteiger partial charge is 0.444 e. The maximum Gasteiger partial charge on any atom is 0.407 e. The number of carbonyl (C=O) groups is 7. The van der Waals surface area contributed by atoms with Crippen LogP contribution in [-0.4, -0.2) is 102 Å². The summed E-state index contributed by atoms with van der Waals surface area (Å²) >= 11 is 0. The molecule has 14 heteroatoms. The fourth-order valence-corrected chi connectivity index (χ4v) is 6.79. The van der Waals surface area contributed by atoms with Crippen LogP contribution >= 0.6 is 0 Å². The minimum atomic E-state index is -1.16. The highest BCUT2D eigenvalue weighted by Crippen LogP contribution is 2.30. The van der Waals surface area contributed by atoms with Crippen molar-refractivity contribution in [1.82, 2.24) is 31.1 Å². The summed E-state index contributed by atoms with van der Waals surface area (Å²) in [6, 6.07) is 5.88. The number of nitrogens with one attached hydrogen (secondary N) is 4. The average Bonchev–Trinajstić information content (AvgIpc) is 3.67. The van der Waals surface area contributed by atoms with Gasteiger partial charge in [-0.25, -0.2) is 4.79 Å². The van der Waals surface area contributed by atoms with E-state index >= 15 is 0 Å². The van der Waals surface area contributed by atoms with Crippen LogP contribution in [0.1, 0.15) is 137 Å². The number of likely N-dealkylation sites (tertiary alicyclic amines) is 1. The standard InChI is InChI=1S/C39H60N6O8.C3H8/c1-7-16-28(35(49)37(51)40-25-32(46)41-29(23-33(47)44(5)6)26-17-11-9-12-18-26)42-36(50)31-21-15-22-45(31)34(48)24-30(27-19-13-10-14-20-27)43-38(52)53-39(3,4)8-2;1-3-2/h9,11-12,17-18,27-31H,7-8,10,13-16,19-25H2,1-6H3,(H,40,51)(H,41,46)(H,42,50)(H,43,52);3H2,1-2H3/t28?,29-,30?,31?;/m0./s1. The van der Waals surface area contributed by atoms with Gasteiger partial charge in [-0.15, -0.1) is 0 Å². The Morgan fingerprint density at radius 1 is 0.857 bits per heavy atom. The highest BCUT2D eigenvalue weighted by molar-refractivity contribution is 6.38.